The fourth-order valence-corrected chi connectivity index (χ4v) is 3.88. The molecule has 1 saturated heterocycles. The molecule has 6 nitrogen and oxygen atoms in total. The molecular formula is C21H21N3O3. The lowest BCUT2D eigenvalue weighted by molar-refractivity contribution is -0.384. The van der Waals surface area contributed by atoms with Crippen LogP contribution in [0.3, 0.4) is 0 Å². The zero-order valence-corrected chi connectivity index (χ0v) is 15.4. The van der Waals surface area contributed by atoms with Gasteiger partial charge in [-0.25, -0.2) is 0 Å². The number of aromatic nitrogens is 1. The van der Waals surface area contributed by atoms with Crippen LogP contribution in [-0.2, 0) is 0 Å². The van der Waals surface area contributed by atoms with Gasteiger partial charge in [-0.2, -0.15) is 0 Å². The Morgan fingerprint density at radius 3 is 2.74 bits per heavy atom. The van der Waals surface area contributed by atoms with Crippen molar-refractivity contribution in [2.75, 3.05) is 6.54 Å². The van der Waals surface area contributed by atoms with Gasteiger partial charge in [0.1, 0.15) is 0 Å². The summed E-state index contributed by atoms with van der Waals surface area (Å²) in [5.41, 5.74) is 4.81. The Labute approximate surface area is 157 Å². The number of hydrogen-bond donors (Lipinski definition) is 1. The quantitative estimate of drug-likeness (QED) is 0.542. The van der Waals surface area contributed by atoms with Gasteiger partial charge in [0, 0.05) is 35.8 Å². The highest BCUT2D eigenvalue weighted by Crippen LogP contribution is 2.35. The molecule has 1 fully saturated rings. The number of aromatic amines is 1. The standard InChI is InChI=1S/C21H21N3O3/c1-13-5-6-15(10-14(13)2)20-4-3-9-23(20)21(25)18-12-22-19-8-7-16(24(26)27)11-17(18)19/h5-8,10-12,20,22H,3-4,9H2,1-2H3. The molecule has 1 unspecified atom stereocenters. The van der Waals surface area contributed by atoms with E-state index in [2.05, 4.69) is 37.0 Å². The van der Waals surface area contributed by atoms with Crippen molar-refractivity contribution in [2.24, 2.45) is 0 Å². The third kappa shape index (κ3) is 2.97. The Morgan fingerprint density at radius 2 is 2.00 bits per heavy atom. The number of carbonyl (C=O) groups excluding carboxylic acids is 1. The van der Waals surface area contributed by atoms with Crippen LogP contribution in [0, 0.1) is 24.0 Å². The van der Waals surface area contributed by atoms with Crippen molar-refractivity contribution in [3.8, 4) is 0 Å². The van der Waals surface area contributed by atoms with Gasteiger partial charge >= 0.3 is 0 Å². The van der Waals surface area contributed by atoms with Gasteiger partial charge in [-0.05, 0) is 49.4 Å². The lowest BCUT2D eigenvalue weighted by Crippen LogP contribution is -2.30. The third-order valence-electron chi connectivity index (χ3n) is 5.54. The number of nitro groups is 1. The summed E-state index contributed by atoms with van der Waals surface area (Å²) in [5.74, 6) is -0.0810. The first-order valence-electron chi connectivity index (χ1n) is 9.09. The Bertz CT molecular complexity index is 1050. The maximum atomic E-state index is 13.3. The highest BCUT2D eigenvalue weighted by molar-refractivity contribution is 6.07. The van der Waals surface area contributed by atoms with Crippen LogP contribution in [0.15, 0.2) is 42.6 Å². The normalized spacial score (nSPS) is 16.8. The van der Waals surface area contributed by atoms with E-state index in [0.29, 0.717) is 17.5 Å². The molecule has 0 bridgehead atoms. The highest BCUT2D eigenvalue weighted by atomic mass is 16.6. The molecule has 2 heterocycles. The summed E-state index contributed by atoms with van der Waals surface area (Å²) in [6, 6.07) is 11.0. The second kappa shape index (κ2) is 6.54. The number of amides is 1. The summed E-state index contributed by atoms with van der Waals surface area (Å²) in [6.07, 6.45) is 3.54. The Balaban J connectivity index is 1.71. The molecule has 1 amide bonds. The number of non-ortho nitro benzene ring substituents is 1. The molecule has 1 atom stereocenters. The predicted octanol–water partition coefficient (Wildman–Crippen LogP) is 4.67. The van der Waals surface area contributed by atoms with Gasteiger partial charge in [0.25, 0.3) is 11.6 Å². The van der Waals surface area contributed by atoms with Gasteiger partial charge in [0.05, 0.1) is 16.5 Å². The number of nitrogens with zero attached hydrogens (tertiary/aromatic N) is 2. The van der Waals surface area contributed by atoms with Crippen LogP contribution in [0.4, 0.5) is 5.69 Å². The molecule has 0 spiro atoms. The number of fused-ring (bicyclic) bond motifs is 1. The molecule has 6 heteroatoms. The van der Waals surface area contributed by atoms with Crippen LogP contribution in [0.2, 0.25) is 0 Å². The second-order valence-corrected chi connectivity index (χ2v) is 7.19. The van der Waals surface area contributed by atoms with Crippen molar-refractivity contribution in [1.82, 2.24) is 9.88 Å². The van der Waals surface area contributed by atoms with Gasteiger partial charge in [-0.15, -0.1) is 0 Å². The zero-order valence-electron chi connectivity index (χ0n) is 15.4. The molecule has 0 radical (unpaired) electrons. The summed E-state index contributed by atoms with van der Waals surface area (Å²) in [4.78, 5) is 28.9. The first kappa shape index (κ1) is 17.3. The van der Waals surface area contributed by atoms with Gasteiger partial charge in [0.15, 0.2) is 0 Å². The van der Waals surface area contributed by atoms with Crippen LogP contribution in [-0.4, -0.2) is 27.3 Å². The molecular weight excluding hydrogens is 342 g/mol. The Kier molecular flexibility index (Phi) is 4.18. The predicted molar refractivity (Wildman–Crippen MR) is 104 cm³/mol. The lowest BCUT2D eigenvalue weighted by Gasteiger charge is -2.25. The van der Waals surface area contributed by atoms with Crippen molar-refractivity contribution in [3.05, 3.63) is 75.0 Å². The smallest absolute Gasteiger partial charge is 0.270 e. The Hall–Kier alpha value is -3.15. The average molecular weight is 363 g/mol. The van der Waals surface area contributed by atoms with E-state index in [-0.39, 0.29) is 17.6 Å². The number of hydrogen-bond acceptors (Lipinski definition) is 3. The highest BCUT2D eigenvalue weighted by Gasteiger charge is 2.32. The number of likely N-dealkylation sites (tertiary alicyclic amines) is 1. The summed E-state index contributed by atoms with van der Waals surface area (Å²) in [5, 5.41) is 11.7. The van der Waals surface area contributed by atoms with E-state index in [1.807, 2.05) is 4.90 Å². The minimum Gasteiger partial charge on any atom is -0.360 e. The molecule has 27 heavy (non-hydrogen) atoms. The summed E-state index contributed by atoms with van der Waals surface area (Å²) in [7, 11) is 0. The maximum absolute atomic E-state index is 13.3. The van der Waals surface area contributed by atoms with Crippen molar-refractivity contribution >= 4 is 22.5 Å². The van der Waals surface area contributed by atoms with Gasteiger partial charge in [0.2, 0.25) is 0 Å². The van der Waals surface area contributed by atoms with E-state index in [4.69, 9.17) is 0 Å². The molecule has 1 aliphatic rings. The van der Waals surface area contributed by atoms with E-state index in [1.165, 1.54) is 23.3 Å². The monoisotopic (exact) mass is 363 g/mol. The number of aryl methyl sites for hydroxylation is 2. The molecule has 0 saturated carbocycles. The topological polar surface area (TPSA) is 79.2 Å². The summed E-state index contributed by atoms with van der Waals surface area (Å²) >= 11 is 0. The summed E-state index contributed by atoms with van der Waals surface area (Å²) in [6.45, 7) is 4.85. The molecule has 1 N–H and O–H groups in total. The largest absolute Gasteiger partial charge is 0.360 e. The van der Waals surface area contributed by atoms with Gasteiger partial charge in [-0.1, -0.05) is 18.2 Å². The summed E-state index contributed by atoms with van der Waals surface area (Å²) < 4.78 is 0. The minimum absolute atomic E-state index is 0.0109. The number of carbonyl (C=O) groups is 1. The molecule has 1 aromatic heterocycles. The van der Waals surface area contributed by atoms with E-state index in [9.17, 15) is 14.9 Å². The fraction of sp³-hybridized carbons (Fsp3) is 0.286. The molecule has 138 valence electrons. The second-order valence-electron chi connectivity index (χ2n) is 7.19. The van der Waals surface area contributed by atoms with Crippen molar-refractivity contribution in [3.63, 3.8) is 0 Å². The zero-order chi connectivity index (χ0) is 19.1. The molecule has 3 aromatic rings. The minimum atomic E-state index is -0.436. The van der Waals surface area contributed by atoms with Crippen LogP contribution in [0.25, 0.3) is 10.9 Å². The van der Waals surface area contributed by atoms with Crippen LogP contribution >= 0.6 is 0 Å². The van der Waals surface area contributed by atoms with E-state index >= 15 is 0 Å². The number of nitro benzene ring substituents is 1. The van der Waals surface area contributed by atoms with E-state index in [1.54, 1.807) is 12.3 Å². The maximum Gasteiger partial charge on any atom is 0.270 e. The molecule has 1 aliphatic heterocycles. The number of nitrogens with one attached hydrogen (secondary N) is 1. The average Bonchev–Trinajstić information content (AvgIpc) is 3.29. The SMILES string of the molecule is Cc1ccc(C2CCCN2C(=O)c2c[nH]c3ccc([N+](=O)[O-])cc23)cc1C. The van der Waals surface area contributed by atoms with E-state index < -0.39 is 4.92 Å². The van der Waals surface area contributed by atoms with Gasteiger partial charge < -0.3 is 9.88 Å². The first-order chi connectivity index (χ1) is 13.0. The van der Waals surface area contributed by atoms with E-state index in [0.717, 1.165) is 23.9 Å². The van der Waals surface area contributed by atoms with Crippen LogP contribution < -0.4 is 0 Å². The first-order valence-corrected chi connectivity index (χ1v) is 9.09. The lowest BCUT2D eigenvalue weighted by atomic mass is 9.99. The third-order valence-corrected chi connectivity index (χ3v) is 5.54. The van der Waals surface area contributed by atoms with Crippen molar-refractivity contribution < 1.29 is 9.72 Å². The van der Waals surface area contributed by atoms with Crippen LogP contribution in [0.5, 0.6) is 0 Å². The van der Waals surface area contributed by atoms with Crippen molar-refractivity contribution in [2.45, 2.75) is 32.7 Å². The number of benzene rings is 2. The van der Waals surface area contributed by atoms with Crippen molar-refractivity contribution in [1.29, 1.82) is 0 Å². The number of rotatable bonds is 3. The Morgan fingerprint density at radius 1 is 1.19 bits per heavy atom. The fourth-order valence-electron chi connectivity index (χ4n) is 3.88. The molecule has 2 aromatic carbocycles. The molecule has 4 rings (SSSR count). The molecule has 0 aliphatic carbocycles. The number of H-pyrrole nitrogens is 1. The van der Waals surface area contributed by atoms with Crippen LogP contribution in [0.1, 0.15) is 45.9 Å². The van der Waals surface area contributed by atoms with Gasteiger partial charge in [-0.3, -0.25) is 14.9 Å².